The Bertz CT molecular complexity index is 177. The molecule has 0 aliphatic rings. The summed E-state index contributed by atoms with van der Waals surface area (Å²) in [5.41, 5.74) is 2.16. The Morgan fingerprint density at radius 2 is 2.33 bits per heavy atom. The number of rotatable bonds is 2. The van der Waals surface area contributed by atoms with Crippen LogP contribution in [0.4, 0.5) is 0 Å². The molecule has 0 unspecified atom stereocenters. The average Bonchev–Trinajstić information content (AvgIpc) is 1.87. The van der Waals surface area contributed by atoms with Crippen LogP contribution < -0.4 is 0 Å². The zero-order chi connectivity index (χ0) is 7.28. The fourth-order valence-electron chi connectivity index (χ4n) is 0.200. The van der Waals surface area contributed by atoms with E-state index in [1.165, 1.54) is 0 Å². The van der Waals surface area contributed by atoms with Crippen LogP contribution in [0, 0.1) is 0 Å². The lowest BCUT2D eigenvalue weighted by Gasteiger charge is -1.90. The van der Waals surface area contributed by atoms with E-state index in [0.29, 0.717) is 0 Å². The second kappa shape index (κ2) is 3.96. The van der Waals surface area contributed by atoms with Gasteiger partial charge in [-0.25, -0.2) is 4.79 Å². The minimum atomic E-state index is -0.693. The maximum Gasteiger partial charge on any atom is 0.362 e. The highest BCUT2D eigenvalue weighted by Crippen LogP contribution is 2.00. The predicted octanol–water partition coefficient (Wildman–Crippen LogP) is 1.58. The van der Waals surface area contributed by atoms with Crippen LogP contribution in [0.1, 0.15) is 0 Å². The molecule has 0 bridgehead atoms. The molecule has 0 spiro atoms. The van der Waals surface area contributed by atoms with Gasteiger partial charge in [-0.3, -0.25) is 0 Å². The van der Waals surface area contributed by atoms with Crippen molar-refractivity contribution in [3.8, 4) is 0 Å². The highest BCUT2D eigenvalue weighted by atomic mass is 35.5. The molecule has 0 atom stereocenters. The fraction of sp³-hybridized carbons (Fsp3) is 0. The smallest absolute Gasteiger partial charge is 0.362 e. The summed E-state index contributed by atoms with van der Waals surface area (Å²) in [5, 5.41) is -0.171. The van der Waals surface area contributed by atoms with Crippen molar-refractivity contribution in [1.29, 1.82) is 0 Å². The zero-order valence-electron chi connectivity index (χ0n) is 4.69. The van der Waals surface area contributed by atoms with E-state index in [9.17, 15) is 4.79 Å². The highest BCUT2D eigenvalue weighted by Gasteiger charge is 2.02. The molecule has 0 heterocycles. The summed E-state index contributed by atoms with van der Waals surface area (Å²) in [6.45, 7) is 6.29. The van der Waals surface area contributed by atoms with Crippen LogP contribution in [0.15, 0.2) is 30.2 Å². The van der Waals surface area contributed by atoms with Gasteiger partial charge in [0.05, 0.1) is 6.26 Å². The zero-order valence-corrected chi connectivity index (χ0v) is 5.44. The first-order valence-electron chi connectivity index (χ1n) is 2.09. The van der Waals surface area contributed by atoms with E-state index in [4.69, 9.17) is 11.6 Å². The van der Waals surface area contributed by atoms with Gasteiger partial charge >= 0.3 is 5.97 Å². The maximum atomic E-state index is 10.4. The molecule has 0 fully saturated rings. The molecule has 0 aliphatic heterocycles. The molecule has 0 radical (unpaired) electrons. The Hall–Kier alpha value is -0.980. The van der Waals surface area contributed by atoms with Crippen LogP contribution >= 0.6 is 11.6 Å². The van der Waals surface area contributed by atoms with Crippen molar-refractivity contribution in [1.82, 2.24) is 0 Å². The molecule has 0 saturated carbocycles. The third-order valence-electron chi connectivity index (χ3n) is 0.525. The van der Waals surface area contributed by atoms with Crippen LogP contribution in [-0.2, 0) is 9.53 Å². The number of hydrogen-bond donors (Lipinski definition) is 0. The van der Waals surface area contributed by atoms with Gasteiger partial charge in [-0.2, -0.15) is 0 Å². The summed E-state index contributed by atoms with van der Waals surface area (Å²) in [5.74, 6) is -0.693. The number of carbonyl (C=O) groups excluding carboxylic acids is 1. The van der Waals surface area contributed by atoms with E-state index in [2.05, 4.69) is 23.6 Å². The number of hydrogen-bond acceptors (Lipinski definition) is 2. The summed E-state index contributed by atoms with van der Waals surface area (Å²) in [6, 6.07) is 0. The minimum absolute atomic E-state index is 0.171. The van der Waals surface area contributed by atoms with Crippen LogP contribution in [0.5, 0.6) is 0 Å². The summed E-state index contributed by atoms with van der Waals surface area (Å²) in [4.78, 5) is 10.4. The van der Waals surface area contributed by atoms with Crippen molar-refractivity contribution in [3.63, 3.8) is 0 Å². The quantitative estimate of drug-likeness (QED) is 0.255. The Kier molecular flexibility index (Phi) is 3.52. The van der Waals surface area contributed by atoms with Crippen molar-refractivity contribution in [2.24, 2.45) is 0 Å². The minimum Gasteiger partial charge on any atom is -0.430 e. The van der Waals surface area contributed by atoms with E-state index in [1.807, 2.05) is 0 Å². The van der Waals surface area contributed by atoms with Gasteiger partial charge in [0.1, 0.15) is 0 Å². The molecule has 48 valence electrons. The van der Waals surface area contributed by atoms with Crippen LogP contribution in [0.3, 0.4) is 0 Å². The molecular formula is C6H5ClO2. The Morgan fingerprint density at radius 3 is 2.67 bits per heavy atom. The van der Waals surface area contributed by atoms with Crippen LogP contribution in [0.2, 0.25) is 0 Å². The van der Waals surface area contributed by atoms with Crippen molar-refractivity contribution < 1.29 is 9.53 Å². The molecule has 0 N–H and O–H groups in total. The molecule has 9 heavy (non-hydrogen) atoms. The lowest BCUT2D eigenvalue weighted by molar-refractivity contribution is -0.132. The lowest BCUT2D eigenvalue weighted by atomic mass is 10.6. The first-order valence-corrected chi connectivity index (χ1v) is 2.47. The Balaban J connectivity index is 4.04. The molecule has 0 aromatic carbocycles. The highest BCUT2D eigenvalue weighted by molar-refractivity contribution is 6.41. The van der Waals surface area contributed by atoms with Gasteiger partial charge in [0.25, 0.3) is 0 Å². The fourth-order valence-corrected chi connectivity index (χ4v) is 0.244. The first-order chi connectivity index (χ1) is 4.22. The molecule has 0 aromatic rings. The van der Waals surface area contributed by atoms with Gasteiger partial charge < -0.3 is 4.74 Å². The van der Waals surface area contributed by atoms with Crippen molar-refractivity contribution >= 4 is 17.6 Å². The SMILES string of the molecule is C=C=C(Cl)C(=O)OC=C. The third-order valence-corrected chi connectivity index (χ3v) is 0.813. The summed E-state index contributed by atoms with van der Waals surface area (Å²) in [7, 11) is 0. The molecule has 0 aromatic heterocycles. The third kappa shape index (κ3) is 2.75. The van der Waals surface area contributed by atoms with Crippen LogP contribution in [0.25, 0.3) is 0 Å². The number of ether oxygens (including phenoxy) is 1. The first kappa shape index (κ1) is 8.02. The molecule has 0 saturated heterocycles. The van der Waals surface area contributed by atoms with Crippen molar-refractivity contribution in [2.75, 3.05) is 0 Å². The number of halogens is 1. The maximum absolute atomic E-state index is 10.4. The summed E-state index contributed by atoms with van der Waals surface area (Å²) in [6.07, 6.45) is 0.988. The molecule has 0 amide bonds. The van der Waals surface area contributed by atoms with Gasteiger partial charge in [-0.1, -0.05) is 24.8 Å². The van der Waals surface area contributed by atoms with Crippen molar-refractivity contribution in [3.05, 3.63) is 30.2 Å². The standard InChI is InChI=1S/C6H5ClO2/c1-3-5(7)6(8)9-4-2/h4H,1-2H2. The van der Waals surface area contributed by atoms with Gasteiger partial charge in [-0.05, 0) is 0 Å². The predicted molar refractivity (Wildman–Crippen MR) is 34.8 cm³/mol. The Morgan fingerprint density at radius 1 is 1.78 bits per heavy atom. The second-order valence-corrected chi connectivity index (χ2v) is 1.44. The molecule has 0 aliphatic carbocycles. The van der Waals surface area contributed by atoms with E-state index in [-0.39, 0.29) is 5.03 Å². The van der Waals surface area contributed by atoms with Gasteiger partial charge in [0.2, 0.25) is 0 Å². The second-order valence-electron chi connectivity index (χ2n) is 1.06. The van der Waals surface area contributed by atoms with E-state index in [0.717, 1.165) is 6.26 Å². The Labute approximate surface area is 58.1 Å². The normalized spacial score (nSPS) is 7.22. The summed E-state index contributed by atoms with van der Waals surface area (Å²) >= 11 is 5.22. The molecule has 3 heteroatoms. The molecular weight excluding hydrogens is 140 g/mol. The molecule has 0 rings (SSSR count). The topological polar surface area (TPSA) is 26.3 Å². The largest absolute Gasteiger partial charge is 0.430 e. The van der Waals surface area contributed by atoms with E-state index >= 15 is 0 Å². The van der Waals surface area contributed by atoms with E-state index < -0.39 is 5.97 Å². The number of esters is 1. The van der Waals surface area contributed by atoms with Crippen LogP contribution in [-0.4, -0.2) is 5.97 Å². The van der Waals surface area contributed by atoms with Gasteiger partial charge in [-0.15, -0.1) is 5.73 Å². The lowest BCUT2D eigenvalue weighted by Crippen LogP contribution is -1.96. The monoisotopic (exact) mass is 144 g/mol. The van der Waals surface area contributed by atoms with Gasteiger partial charge in [0.15, 0.2) is 5.03 Å². The van der Waals surface area contributed by atoms with Crippen molar-refractivity contribution in [2.45, 2.75) is 0 Å². The summed E-state index contributed by atoms with van der Waals surface area (Å²) < 4.78 is 4.25. The van der Waals surface area contributed by atoms with E-state index in [1.54, 1.807) is 0 Å². The number of carbonyl (C=O) groups is 1. The molecule has 2 nitrogen and oxygen atoms in total. The average molecular weight is 145 g/mol. The van der Waals surface area contributed by atoms with Gasteiger partial charge in [0, 0.05) is 0 Å².